The van der Waals surface area contributed by atoms with Gasteiger partial charge in [0.25, 0.3) is 5.91 Å². The predicted molar refractivity (Wildman–Crippen MR) is 156 cm³/mol. The average Bonchev–Trinajstić information content (AvgIpc) is 2.87. The van der Waals surface area contributed by atoms with E-state index >= 15 is 0 Å². The Morgan fingerprint density at radius 2 is 1.57 bits per heavy atom. The number of hydrogen-bond acceptors (Lipinski definition) is 3. The number of nitrogens with one attached hydrogen (secondary N) is 1. The topological polar surface area (TPSA) is 58.6 Å². The number of nitrogens with zero attached hydrogens (tertiary/aromatic N) is 1. The summed E-state index contributed by atoms with van der Waals surface area (Å²) < 4.78 is 7.89. The van der Waals surface area contributed by atoms with Crippen LogP contribution in [0.2, 0.25) is 0 Å². The van der Waals surface area contributed by atoms with Crippen molar-refractivity contribution in [3.8, 4) is 5.75 Å². The Kier molecular flexibility index (Phi) is 10.8. The lowest BCUT2D eigenvalue weighted by Gasteiger charge is -2.32. The lowest BCUT2D eigenvalue weighted by Crippen LogP contribution is -2.52. The molecule has 0 aliphatic carbocycles. The van der Waals surface area contributed by atoms with Gasteiger partial charge in [-0.2, -0.15) is 0 Å². The molecule has 0 saturated heterocycles. The third-order valence-corrected chi connectivity index (χ3v) is 7.71. The van der Waals surface area contributed by atoms with E-state index in [4.69, 9.17) is 4.74 Å². The molecule has 0 aliphatic rings. The van der Waals surface area contributed by atoms with Gasteiger partial charge in [-0.15, -0.1) is 0 Å². The Balaban J connectivity index is 1.91. The number of benzene rings is 3. The molecule has 5 nitrogen and oxygen atoms in total. The van der Waals surface area contributed by atoms with Crippen LogP contribution in [-0.4, -0.2) is 35.9 Å². The second kappa shape index (κ2) is 13.8. The SMILES string of the molecule is Cc1cc(OCC(=O)N(Cc2cccc(Br)c2)C(Cc2ccccc2)C(=O)NCC(C)C)cc(C)c1Br. The fraction of sp³-hybridized carbons (Fsp3) is 0.333. The van der Waals surface area contributed by atoms with E-state index < -0.39 is 6.04 Å². The molecule has 2 amide bonds. The number of ether oxygens (including phenoxy) is 1. The number of hydrogen-bond donors (Lipinski definition) is 1. The van der Waals surface area contributed by atoms with Gasteiger partial charge < -0.3 is 15.0 Å². The van der Waals surface area contributed by atoms with Gasteiger partial charge in [-0.05, 0) is 66.3 Å². The Morgan fingerprint density at radius 1 is 0.919 bits per heavy atom. The van der Waals surface area contributed by atoms with Gasteiger partial charge in [0.2, 0.25) is 5.91 Å². The normalized spacial score (nSPS) is 11.8. The number of carbonyl (C=O) groups is 2. The molecule has 3 rings (SSSR count). The first kappa shape index (κ1) is 28.9. The summed E-state index contributed by atoms with van der Waals surface area (Å²) in [5.74, 6) is 0.496. The van der Waals surface area contributed by atoms with Crippen molar-refractivity contribution in [3.05, 3.63) is 97.9 Å². The van der Waals surface area contributed by atoms with Crippen molar-refractivity contribution in [2.75, 3.05) is 13.2 Å². The maximum absolute atomic E-state index is 13.7. The van der Waals surface area contributed by atoms with E-state index in [9.17, 15) is 9.59 Å². The molecule has 0 radical (unpaired) electrons. The number of halogens is 2. The van der Waals surface area contributed by atoms with Crippen LogP contribution < -0.4 is 10.1 Å². The van der Waals surface area contributed by atoms with Gasteiger partial charge in [-0.1, -0.05) is 88.2 Å². The second-order valence-electron chi connectivity index (χ2n) is 9.66. The number of amides is 2. The van der Waals surface area contributed by atoms with E-state index in [1.807, 2.05) is 94.4 Å². The quantitative estimate of drug-likeness (QED) is 0.259. The highest BCUT2D eigenvalue weighted by molar-refractivity contribution is 9.10. The van der Waals surface area contributed by atoms with Crippen molar-refractivity contribution in [1.82, 2.24) is 10.2 Å². The zero-order valence-corrected chi connectivity index (χ0v) is 24.9. The molecule has 1 atom stereocenters. The van der Waals surface area contributed by atoms with Crippen molar-refractivity contribution in [2.45, 2.75) is 46.7 Å². The molecule has 0 aliphatic heterocycles. The Morgan fingerprint density at radius 3 is 2.19 bits per heavy atom. The third kappa shape index (κ3) is 8.71. The standard InChI is InChI=1S/C30H34Br2N2O3/c1-20(2)17-33-30(36)27(16-23-9-6-5-7-10-23)34(18-24-11-8-12-25(31)15-24)28(35)19-37-26-13-21(3)29(32)22(4)14-26/h5-15,20,27H,16-19H2,1-4H3,(H,33,36). The maximum atomic E-state index is 13.7. The molecule has 7 heteroatoms. The smallest absolute Gasteiger partial charge is 0.261 e. The molecule has 0 bridgehead atoms. The van der Waals surface area contributed by atoms with E-state index in [0.29, 0.717) is 24.6 Å². The Labute approximate surface area is 236 Å². The molecule has 0 heterocycles. The molecule has 0 spiro atoms. The van der Waals surface area contributed by atoms with Crippen LogP contribution in [0.3, 0.4) is 0 Å². The van der Waals surface area contributed by atoms with Crippen LogP contribution in [0.25, 0.3) is 0 Å². The summed E-state index contributed by atoms with van der Waals surface area (Å²) in [6.45, 7) is 8.72. The summed E-state index contributed by atoms with van der Waals surface area (Å²) in [6, 6.07) is 20.7. The van der Waals surface area contributed by atoms with E-state index in [2.05, 4.69) is 37.2 Å². The molecular weight excluding hydrogens is 596 g/mol. The molecule has 37 heavy (non-hydrogen) atoms. The second-order valence-corrected chi connectivity index (χ2v) is 11.4. The van der Waals surface area contributed by atoms with Gasteiger partial charge in [0.1, 0.15) is 11.8 Å². The van der Waals surface area contributed by atoms with Crippen LogP contribution in [0.15, 0.2) is 75.7 Å². The summed E-state index contributed by atoms with van der Waals surface area (Å²) in [6.07, 6.45) is 0.404. The van der Waals surface area contributed by atoms with Crippen molar-refractivity contribution >= 4 is 43.7 Å². The zero-order valence-electron chi connectivity index (χ0n) is 21.8. The number of carbonyl (C=O) groups excluding carboxylic acids is 2. The molecule has 0 saturated carbocycles. The molecule has 1 N–H and O–H groups in total. The molecule has 1 unspecified atom stereocenters. The lowest BCUT2D eigenvalue weighted by molar-refractivity contribution is -0.142. The first-order valence-electron chi connectivity index (χ1n) is 12.4. The minimum Gasteiger partial charge on any atom is -0.484 e. The number of rotatable bonds is 11. The predicted octanol–water partition coefficient (Wildman–Crippen LogP) is 6.62. The lowest BCUT2D eigenvalue weighted by atomic mass is 10.0. The third-order valence-electron chi connectivity index (χ3n) is 5.97. The minimum absolute atomic E-state index is 0.169. The summed E-state index contributed by atoms with van der Waals surface area (Å²) in [7, 11) is 0. The average molecular weight is 630 g/mol. The van der Waals surface area contributed by atoms with Crippen LogP contribution in [-0.2, 0) is 22.6 Å². The van der Waals surface area contributed by atoms with Gasteiger partial charge in [-0.25, -0.2) is 0 Å². The zero-order chi connectivity index (χ0) is 26.9. The monoisotopic (exact) mass is 628 g/mol. The van der Waals surface area contributed by atoms with Crippen LogP contribution in [0.1, 0.15) is 36.1 Å². The minimum atomic E-state index is -0.690. The van der Waals surface area contributed by atoms with E-state index in [1.54, 1.807) is 4.90 Å². The Bertz CT molecular complexity index is 1190. The van der Waals surface area contributed by atoms with Gasteiger partial charge >= 0.3 is 0 Å². The van der Waals surface area contributed by atoms with Crippen LogP contribution >= 0.6 is 31.9 Å². The van der Waals surface area contributed by atoms with Crippen LogP contribution in [0.4, 0.5) is 0 Å². The molecular formula is C30H34Br2N2O3. The fourth-order valence-corrected chi connectivity index (χ4v) is 4.70. The summed E-state index contributed by atoms with van der Waals surface area (Å²) >= 11 is 7.09. The summed E-state index contributed by atoms with van der Waals surface area (Å²) in [4.78, 5) is 28.9. The van der Waals surface area contributed by atoms with E-state index in [1.165, 1.54) is 0 Å². The van der Waals surface area contributed by atoms with Crippen molar-refractivity contribution < 1.29 is 14.3 Å². The highest BCUT2D eigenvalue weighted by Gasteiger charge is 2.30. The Hall–Kier alpha value is -2.64. The molecule has 3 aromatic rings. The highest BCUT2D eigenvalue weighted by Crippen LogP contribution is 2.26. The van der Waals surface area contributed by atoms with Crippen molar-refractivity contribution in [2.24, 2.45) is 5.92 Å². The maximum Gasteiger partial charge on any atom is 0.261 e. The molecule has 0 aromatic heterocycles. The first-order chi connectivity index (χ1) is 17.6. The van der Waals surface area contributed by atoms with Gasteiger partial charge in [0, 0.05) is 28.5 Å². The summed E-state index contributed by atoms with van der Waals surface area (Å²) in [5.41, 5.74) is 3.97. The molecule has 196 valence electrons. The first-order valence-corrected chi connectivity index (χ1v) is 14.0. The molecule has 0 fully saturated rings. The number of aryl methyl sites for hydroxylation is 2. The fourth-order valence-electron chi connectivity index (χ4n) is 4.03. The van der Waals surface area contributed by atoms with Crippen LogP contribution in [0, 0.1) is 19.8 Å². The van der Waals surface area contributed by atoms with Crippen molar-refractivity contribution in [1.29, 1.82) is 0 Å². The van der Waals surface area contributed by atoms with E-state index in [-0.39, 0.29) is 25.0 Å². The van der Waals surface area contributed by atoms with Gasteiger partial charge in [-0.3, -0.25) is 9.59 Å². The van der Waals surface area contributed by atoms with Gasteiger partial charge in [0.05, 0.1) is 0 Å². The van der Waals surface area contributed by atoms with Crippen LogP contribution in [0.5, 0.6) is 5.75 Å². The highest BCUT2D eigenvalue weighted by atomic mass is 79.9. The van der Waals surface area contributed by atoms with E-state index in [0.717, 1.165) is 31.2 Å². The van der Waals surface area contributed by atoms with Crippen molar-refractivity contribution in [3.63, 3.8) is 0 Å². The van der Waals surface area contributed by atoms with Gasteiger partial charge in [0.15, 0.2) is 6.61 Å². The largest absolute Gasteiger partial charge is 0.484 e. The molecule has 3 aromatic carbocycles. The summed E-state index contributed by atoms with van der Waals surface area (Å²) in [5, 5.41) is 3.04.